The van der Waals surface area contributed by atoms with Crippen molar-refractivity contribution in [3.63, 3.8) is 0 Å². The Labute approximate surface area is 262 Å². The number of carboxylic acid groups (broad SMARTS) is 1. The van der Waals surface area contributed by atoms with E-state index in [-0.39, 0.29) is 43.2 Å². The maximum atomic E-state index is 10.8. The number of fused-ring (bicyclic) bond motifs is 1. The molecule has 41 heavy (non-hydrogen) atoms. The third kappa shape index (κ3) is 8.28. The Kier molecular flexibility index (Phi) is 13.7. The van der Waals surface area contributed by atoms with Crippen LogP contribution in [0.3, 0.4) is 0 Å². The number of allylic oxidation sites excluding steroid dienone is 1. The standard InChI is InChI=1S/C29H38BrN5O4.2ClH/c1-34(23-15-14-22(38-2)17-24(23)39-3)29-26-27(30)33-28(19-10-9-11-20(31)16-19)35(26)21(18-32-29)12-7-5-4-6-8-13-25(36)37;;/h7,12,14-15,17-20H,4-6,8-11,13,16,31H2,1-3H3,(H,36,37);2*1H/b12-7+;;/t19-,20-;;/m1../s1. The van der Waals surface area contributed by atoms with Crippen LogP contribution in [0.4, 0.5) is 11.5 Å². The van der Waals surface area contributed by atoms with Crippen LogP contribution in [-0.4, -0.2) is 52.8 Å². The van der Waals surface area contributed by atoms with Crippen molar-refractivity contribution in [1.82, 2.24) is 14.4 Å². The van der Waals surface area contributed by atoms with Crippen LogP contribution >= 0.6 is 40.7 Å². The minimum atomic E-state index is -0.739. The Morgan fingerprint density at radius 1 is 1.22 bits per heavy atom. The predicted molar refractivity (Wildman–Crippen MR) is 172 cm³/mol. The Bertz CT molecular complexity index is 1340. The van der Waals surface area contributed by atoms with Crippen molar-refractivity contribution in [3.8, 4) is 11.5 Å². The quantitative estimate of drug-likeness (QED) is 0.195. The molecular formula is C29H40BrCl2N5O4. The van der Waals surface area contributed by atoms with Crippen LogP contribution in [0.25, 0.3) is 11.6 Å². The molecule has 3 aromatic rings. The van der Waals surface area contributed by atoms with Gasteiger partial charge in [0.25, 0.3) is 0 Å². The lowest BCUT2D eigenvalue weighted by Crippen LogP contribution is -2.27. The summed E-state index contributed by atoms with van der Waals surface area (Å²) in [6, 6.07) is 5.89. The van der Waals surface area contributed by atoms with Crippen LogP contribution in [0.2, 0.25) is 0 Å². The predicted octanol–water partition coefficient (Wildman–Crippen LogP) is 7.15. The van der Waals surface area contributed by atoms with E-state index in [1.54, 1.807) is 14.2 Å². The molecule has 9 nitrogen and oxygen atoms in total. The number of aromatic nitrogens is 3. The van der Waals surface area contributed by atoms with Crippen molar-refractivity contribution >= 4 is 69.8 Å². The number of nitrogens with two attached hydrogens (primary N) is 1. The van der Waals surface area contributed by atoms with Gasteiger partial charge >= 0.3 is 5.97 Å². The lowest BCUT2D eigenvalue weighted by atomic mass is 9.85. The molecule has 3 N–H and O–H groups in total. The minimum Gasteiger partial charge on any atom is -0.497 e. The lowest BCUT2D eigenvalue weighted by Gasteiger charge is -2.26. The van der Waals surface area contributed by atoms with E-state index in [0.717, 1.165) is 78.1 Å². The minimum absolute atomic E-state index is 0. The van der Waals surface area contributed by atoms with Gasteiger partial charge in [0, 0.05) is 31.5 Å². The summed E-state index contributed by atoms with van der Waals surface area (Å²) in [5.41, 5.74) is 9.06. The summed E-state index contributed by atoms with van der Waals surface area (Å²) in [5.74, 6) is 2.65. The van der Waals surface area contributed by atoms with E-state index in [4.69, 9.17) is 30.3 Å². The normalized spacial score (nSPS) is 16.7. The van der Waals surface area contributed by atoms with E-state index in [9.17, 15) is 4.79 Å². The number of imidazole rings is 1. The summed E-state index contributed by atoms with van der Waals surface area (Å²) < 4.78 is 14.0. The van der Waals surface area contributed by atoms with Gasteiger partial charge in [-0.3, -0.25) is 9.20 Å². The third-order valence-electron chi connectivity index (χ3n) is 7.35. The highest BCUT2D eigenvalue weighted by Crippen LogP contribution is 2.40. The fourth-order valence-electron chi connectivity index (χ4n) is 5.30. The molecule has 1 aromatic carbocycles. The molecule has 1 fully saturated rings. The van der Waals surface area contributed by atoms with E-state index >= 15 is 0 Å². The van der Waals surface area contributed by atoms with Gasteiger partial charge in [0.2, 0.25) is 0 Å². The van der Waals surface area contributed by atoms with Crippen molar-refractivity contribution in [3.05, 3.63) is 46.6 Å². The van der Waals surface area contributed by atoms with E-state index in [0.29, 0.717) is 17.9 Å². The molecule has 226 valence electrons. The number of anilines is 2. The van der Waals surface area contributed by atoms with Gasteiger partial charge in [-0.1, -0.05) is 18.9 Å². The Morgan fingerprint density at radius 2 is 2.00 bits per heavy atom. The first-order valence-corrected chi connectivity index (χ1v) is 14.3. The number of rotatable bonds is 12. The van der Waals surface area contributed by atoms with Gasteiger partial charge in [-0.05, 0) is 72.7 Å². The number of aliphatic carboxylic acids is 1. The van der Waals surface area contributed by atoms with Crippen molar-refractivity contribution in [2.75, 3.05) is 26.2 Å². The number of nitrogens with zero attached hydrogens (tertiary/aromatic N) is 4. The molecule has 1 aliphatic rings. The highest BCUT2D eigenvalue weighted by atomic mass is 79.9. The zero-order valence-electron chi connectivity index (χ0n) is 23.7. The zero-order chi connectivity index (χ0) is 27.9. The van der Waals surface area contributed by atoms with Crippen LogP contribution in [0, 0.1) is 0 Å². The number of carboxylic acids is 1. The molecule has 4 rings (SSSR count). The molecule has 2 heterocycles. The van der Waals surface area contributed by atoms with Crippen molar-refractivity contribution in [1.29, 1.82) is 0 Å². The van der Waals surface area contributed by atoms with Crippen LogP contribution < -0.4 is 20.1 Å². The Morgan fingerprint density at radius 3 is 2.68 bits per heavy atom. The first-order valence-electron chi connectivity index (χ1n) is 13.5. The number of benzene rings is 1. The molecule has 0 spiro atoms. The number of hydrogen-bond acceptors (Lipinski definition) is 7. The molecule has 2 aromatic heterocycles. The van der Waals surface area contributed by atoms with Crippen molar-refractivity contribution in [2.24, 2.45) is 5.73 Å². The summed E-state index contributed by atoms with van der Waals surface area (Å²) in [6.45, 7) is 0. The van der Waals surface area contributed by atoms with Crippen LogP contribution in [-0.2, 0) is 4.79 Å². The summed E-state index contributed by atoms with van der Waals surface area (Å²) in [4.78, 5) is 22.7. The van der Waals surface area contributed by atoms with Gasteiger partial charge in [0.05, 0.1) is 31.8 Å². The first kappa shape index (κ1) is 34.7. The maximum Gasteiger partial charge on any atom is 0.303 e. The second-order valence-electron chi connectivity index (χ2n) is 10.1. The van der Waals surface area contributed by atoms with Gasteiger partial charge in [-0.25, -0.2) is 9.97 Å². The van der Waals surface area contributed by atoms with Gasteiger partial charge < -0.3 is 25.2 Å². The van der Waals surface area contributed by atoms with Gasteiger partial charge in [0.1, 0.15) is 27.4 Å². The second kappa shape index (κ2) is 16.2. The topological polar surface area (TPSA) is 115 Å². The van der Waals surface area contributed by atoms with Gasteiger partial charge in [-0.2, -0.15) is 0 Å². The lowest BCUT2D eigenvalue weighted by molar-refractivity contribution is -0.137. The zero-order valence-corrected chi connectivity index (χ0v) is 26.9. The molecule has 0 radical (unpaired) electrons. The summed E-state index contributed by atoms with van der Waals surface area (Å²) >= 11 is 3.75. The van der Waals surface area contributed by atoms with Gasteiger partial charge in [-0.15, -0.1) is 24.8 Å². The number of ether oxygens (including phenoxy) is 2. The maximum absolute atomic E-state index is 10.8. The number of carbonyl (C=O) groups is 1. The molecule has 1 saturated carbocycles. The van der Waals surface area contributed by atoms with E-state index in [1.165, 1.54) is 0 Å². The van der Waals surface area contributed by atoms with E-state index in [1.807, 2.05) is 36.3 Å². The summed E-state index contributed by atoms with van der Waals surface area (Å²) in [6.07, 6.45) is 13.8. The number of hydrogen-bond donors (Lipinski definition) is 2. The molecule has 0 aliphatic heterocycles. The van der Waals surface area contributed by atoms with Crippen LogP contribution in [0.1, 0.15) is 75.2 Å². The molecule has 0 unspecified atom stereocenters. The molecule has 0 bridgehead atoms. The fraction of sp³-hybridized carbons (Fsp3) is 0.483. The highest BCUT2D eigenvalue weighted by molar-refractivity contribution is 9.10. The molecular weight excluding hydrogens is 633 g/mol. The number of methoxy groups -OCH3 is 2. The van der Waals surface area contributed by atoms with Crippen LogP contribution in [0.15, 0.2) is 35.1 Å². The largest absolute Gasteiger partial charge is 0.497 e. The molecule has 2 atom stereocenters. The number of halogens is 3. The molecule has 1 aliphatic carbocycles. The average Bonchev–Trinajstić information content (AvgIpc) is 3.29. The first-order chi connectivity index (χ1) is 18.8. The SMILES string of the molecule is COc1ccc(N(C)c2ncc(/C=C/CCCCCC(=O)O)n3c([C@@H]4CCC[C@@H](N)C4)nc(Br)c23)c(OC)c1.Cl.Cl. The number of unbranched alkanes of at least 4 members (excludes halogenated alkanes) is 3. The third-order valence-corrected chi connectivity index (χ3v) is 7.90. The molecule has 12 heteroatoms. The average molecular weight is 673 g/mol. The van der Waals surface area contributed by atoms with Gasteiger partial charge in [0.15, 0.2) is 5.82 Å². The molecule has 0 amide bonds. The summed E-state index contributed by atoms with van der Waals surface area (Å²) in [7, 11) is 5.24. The summed E-state index contributed by atoms with van der Waals surface area (Å²) in [5, 5.41) is 8.85. The monoisotopic (exact) mass is 671 g/mol. The van der Waals surface area contributed by atoms with E-state index in [2.05, 4.69) is 32.5 Å². The fourth-order valence-corrected chi connectivity index (χ4v) is 5.84. The van der Waals surface area contributed by atoms with Crippen molar-refractivity contribution < 1.29 is 19.4 Å². The van der Waals surface area contributed by atoms with Crippen molar-refractivity contribution in [2.45, 2.75) is 69.7 Å². The highest BCUT2D eigenvalue weighted by Gasteiger charge is 2.28. The van der Waals surface area contributed by atoms with Crippen LogP contribution in [0.5, 0.6) is 11.5 Å². The smallest absolute Gasteiger partial charge is 0.303 e. The Balaban J connectivity index is 0.00000294. The van der Waals surface area contributed by atoms with E-state index < -0.39 is 5.97 Å². The Hall–Kier alpha value is -2.53. The molecule has 0 saturated heterocycles. The second-order valence-corrected chi connectivity index (χ2v) is 10.8.